The number of fused-ring (bicyclic) bond motifs is 1. The van der Waals surface area contributed by atoms with Crippen molar-refractivity contribution >= 4 is 17.2 Å². The quantitative estimate of drug-likeness (QED) is 0.378. The Bertz CT molecular complexity index is 1270. The second kappa shape index (κ2) is 9.41. The van der Waals surface area contributed by atoms with Crippen molar-refractivity contribution in [1.29, 1.82) is 0 Å². The summed E-state index contributed by atoms with van der Waals surface area (Å²) < 4.78 is 41.0. The Morgan fingerprint density at radius 3 is 2.29 bits per heavy atom. The Morgan fingerprint density at radius 1 is 0.853 bits per heavy atom. The molecule has 1 N–H and O–H groups in total. The maximum absolute atomic E-state index is 13.0. The van der Waals surface area contributed by atoms with Crippen molar-refractivity contribution in [2.45, 2.75) is 19.1 Å². The van der Waals surface area contributed by atoms with E-state index in [4.69, 9.17) is 16.6 Å². The van der Waals surface area contributed by atoms with Gasteiger partial charge in [0.25, 0.3) is 0 Å². The monoisotopic (exact) mass is 484 g/mol. The number of imidazole rings is 1. The highest BCUT2D eigenvalue weighted by Gasteiger charge is 2.30. The van der Waals surface area contributed by atoms with E-state index in [0.29, 0.717) is 5.02 Å². The predicted octanol–water partition coefficient (Wildman–Crippen LogP) is 6.14. The van der Waals surface area contributed by atoms with E-state index in [-0.39, 0.29) is 0 Å². The Labute approximate surface area is 201 Å². The molecule has 176 valence electrons. The minimum absolute atomic E-state index is 0.652. The first kappa shape index (κ1) is 22.9. The molecule has 2 aromatic carbocycles. The number of hydrogen-bond donors (Lipinski definition) is 1. The fraction of sp³-hybridized carbons (Fsp3) is 0.269. The Balaban J connectivity index is 1.58. The van der Waals surface area contributed by atoms with Gasteiger partial charge in [-0.2, -0.15) is 13.2 Å². The van der Waals surface area contributed by atoms with E-state index in [2.05, 4.69) is 14.6 Å². The molecule has 0 bridgehead atoms. The third-order valence-corrected chi connectivity index (χ3v) is 6.44. The molecule has 0 atom stereocenters. The van der Waals surface area contributed by atoms with Crippen molar-refractivity contribution in [3.8, 4) is 22.4 Å². The number of rotatable bonds is 4. The molecule has 1 aliphatic rings. The van der Waals surface area contributed by atoms with Crippen molar-refractivity contribution in [3.05, 3.63) is 83.1 Å². The number of pyridine rings is 1. The van der Waals surface area contributed by atoms with E-state index in [9.17, 15) is 13.2 Å². The Hall–Kier alpha value is -2.87. The van der Waals surface area contributed by atoms with Crippen LogP contribution in [0.25, 0.3) is 28.0 Å². The van der Waals surface area contributed by atoms with Gasteiger partial charge in [-0.05, 0) is 67.0 Å². The highest BCUT2D eigenvalue weighted by atomic mass is 35.5. The summed E-state index contributed by atoms with van der Waals surface area (Å²) >= 11 is 6.11. The summed E-state index contributed by atoms with van der Waals surface area (Å²) in [5, 5.41) is 4.10. The second-order valence-electron chi connectivity index (χ2n) is 8.51. The van der Waals surface area contributed by atoms with Gasteiger partial charge in [-0.25, -0.2) is 4.98 Å². The molecule has 0 unspecified atom stereocenters. The summed E-state index contributed by atoms with van der Waals surface area (Å²) in [6, 6.07) is 16.7. The topological polar surface area (TPSA) is 32.6 Å². The molecule has 0 aliphatic carbocycles. The van der Waals surface area contributed by atoms with Crippen molar-refractivity contribution in [2.24, 2.45) is 0 Å². The van der Waals surface area contributed by atoms with Crippen molar-refractivity contribution in [1.82, 2.24) is 19.6 Å². The van der Waals surface area contributed by atoms with Crippen LogP contribution in [-0.2, 0) is 12.7 Å². The zero-order valence-electron chi connectivity index (χ0n) is 18.4. The standard InChI is InChI=1S/C26H24ClF3N4/c27-22-9-4-19(5-10-22)25-23(17-33-14-1-12-31-13-15-33)34-16-20(6-11-24(34)32-25)18-2-7-21(8-3-18)26(28,29)30/h2-11,16,31H,1,12-15,17H2. The number of aromatic nitrogens is 2. The first-order valence-electron chi connectivity index (χ1n) is 11.3. The van der Waals surface area contributed by atoms with Gasteiger partial charge in [-0.3, -0.25) is 4.90 Å². The van der Waals surface area contributed by atoms with Crippen LogP contribution in [0.1, 0.15) is 17.7 Å². The number of halogens is 4. The lowest BCUT2D eigenvalue weighted by atomic mass is 10.1. The number of nitrogens with one attached hydrogen (secondary N) is 1. The smallest absolute Gasteiger partial charge is 0.315 e. The Kier molecular flexibility index (Phi) is 6.34. The molecule has 34 heavy (non-hydrogen) atoms. The number of benzene rings is 2. The van der Waals surface area contributed by atoms with Crippen molar-refractivity contribution in [2.75, 3.05) is 26.2 Å². The third-order valence-electron chi connectivity index (χ3n) is 6.19. The average molecular weight is 485 g/mol. The Morgan fingerprint density at radius 2 is 1.56 bits per heavy atom. The van der Waals surface area contributed by atoms with Crippen LogP contribution in [-0.4, -0.2) is 40.5 Å². The molecule has 0 spiro atoms. The van der Waals surface area contributed by atoms with Gasteiger partial charge in [-0.15, -0.1) is 0 Å². The molecule has 4 aromatic rings. The van der Waals surface area contributed by atoms with Crippen LogP contribution in [0.3, 0.4) is 0 Å². The normalized spacial score (nSPS) is 15.5. The van der Waals surface area contributed by atoms with Crippen molar-refractivity contribution in [3.63, 3.8) is 0 Å². The summed E-state index contributed by atoms with van der Waals surface area (Å²) in [7, 11) is 0. The first-order chi connectivity index (χ1) is 16.4. The van der Waals surface area contributed by atoms with Crippen LogP contribution in [0.4, 0.5) is 13.2 Å². The van der Waals surface area contributed by atoms with Gasteiger partial charge >= 0.3 is 6.18 Å². The summed E-state index contributed by atoms with van der Waals surface area (Å²) in [5.74, 6) is 0. The van der Waals surface area contributed by atoms with Crippen LogP contribution in [0.2, 0.25) is 5.02 Å². The van der Waals surface area contributed by atoms with E-state index in [1.54, 1.807) is 0 Å². The average Bonchev–Trinajstić information content (AvgIpc) is 2.98. The lowest BCUT2D eigenvalue weighted by Gasteiger charge is -2.20. The van der Waals surface area contributed by atoms with Crippen LogP contribution >= 0.6 is 11.6 Å². The zero-order chi connectivity index (χ0) is 23.7. The molecule has 5 rings (SSSR count). The molecule has 0 saturated carbocycles. The molecular weight excluding hydrogens is 461 g/mol. The largest absolute Gasteiger partial charge is 0.416 e. The van der Waals surface area contributed by atoms with Gasteiger partial charge in [0, 0.05) is 36.4 Å². The lowest BCUT2D eigenvalue weighted by Crippen LogP contribution is -2.28. The highest BCUT2D eigenvalue weighted by molar-refractivity contribution is 6.30. The molecule has 3 heterocycles. The van der Waals surface area contributed by atoms with Gasteiger partial charge in [-0.1, -0.05) is 35.9 Å². The SMILES string of the molecule is FC(F)(F)c1ccc(-c2ccc3nc(-c4ccc(Cl)cc4)c(CN4CCCNCC4)n3c2)cc1. The minimum Gasteiger partial charge on any atom is -0.315 e. The van der Waals surface area contributed by atoms with Crippen LogP contribution in [0, 0.1) is 0 Å². The molecule has 4 nitrogen and oxygen atoms in total. The molecule has 2 aromatic heterocycles. The van der Waals surface area contributed by atoms with E-state index >= 15 is 0 Å². The van der Waals surface area contributed by atoms with Gasteiger partial charge in [0.15, 0.2) is 0 Å². The fourth-order valence-corrected chi connectivity index (χ4v) is 4.50. The third kappa shape index (κ3) is 4.82. The lowest BCUT2D eigenvalue weighted by molar-refractivity contribution is -0.137. The van der Waals surface area contributed by atoms with Crippen LogP contribution in [0.5, 0.6) is 0 Å². The molecule has 0 amide bonds. The van der Waals surface area contributed by atoms with Gasteiger partial charge in [0.05, 0.1) is 17.0 Å². The van der Waals surface area contributed by atoms with Crippen LogP contribution in [0.15, 0.2) is 66.9 Å². The van der Waals surface area contributed by atoms with Gasteiger partial charge in [0.1, 0.15) is 5.65 Å². The summed E-state index contributed by atoms with van der Waals surface area (Å²) in [4.78, 5) is 7.32. The molecular formula is C26H24ClF3N4. The van der Waals surface area contributed by atoms with E-state index in [1.807, 2.05) is 42.6 Å². The van der Waals surface area contributed by atoms with Crippen LogP contribution < -0.4 is 5.32 Å². The summed E-state index contributed by atoms with van der Waals surface area (Å²) in [5.41, 5.74) is 4.61. The zero-order valence-corrected chi connectivity index (χ0v) is 19.2. The first-order valence-corrected chi connectivity index (χ1v) is 11.6. The van der Waals surface area contributed by atoms with E-state index in [1.165, 1.54) is 12.1 Å². The second-order valence-corrected chi connectivity index (χ2v) is 8.95. The molecule has 1 fully saturated rings. The predicted molar refractivity (Wildman–Crippen MR) is 129 cm³/mol. The maximum atomic E-state index is 13.0. The minimum atomic E-state index is -4.35. The molecule has 0 radical (unpaired) electrons. The maximum Gasteiger partial charge on any atom is 0.416 e. The number of hydrogen-bond acceptors (Lipinski definition) is 3. The summed E-state index contributed by atoms with van der Waals surface area (Å²) in [6.07, 6.45) is -1.31. The number of alkyl halides is 3. The highest BCUT2D eigenvalue weighted by Crippen LogP contribution is 2.32. The molecule has 1 aliphatic heterocycles. The van der Waals surface area contributed by atoms with E-state index in [0.717, 1.165) is 85.0 Å². The number of nitrogens with zero attached hydrogens (tertiary/aromatic N) is 3. The van der Waals surface area contributed by atoms with E-state index < -0.39 is 11.7 Å². The molecule has 8 heteroatoms. The van der Waals surface area contributed by atoms with Crippen molar-refractivity contribution < 1.29 is 13.2 Å². The summed E-state index contributed by atoms with van der Waals surface area (Å²) in [6.45, 7) is 4.58. The molecule has 1 saturated heterocycles. The fourth-order valence-electron chi connectivity index (χ4n) is 4.38. The van der Waals surface area contributed by atoms with Gasteiger partial charge in [0.2, 0.25) is 0 Å². The van der Waals surface area contributed by atoms with Gasteiger partial charge < -0.3 is 9.72 Å².